The lowest BCUT2D eigenvalue weighted by atomic mass is 9.88. The van der Waals surface area contributed by atoms with Gasteiger partial charge in [0.1, 0.15) is 5.54 Å². The van der Waals surface area contributed by atoms with Crippen LogP contribution in [0.25, 0.3) is 0 Å². The van der Waals surface area contributed by atoms with Crippen LogP contribution in [0.5, 0.6) is 0 Å². The third kappa shape index (κ3) is 3.36. The minimum Gasteiger partial charge on any atom is -0.336 e. The summed E-state index contributed by atoms with van der Waals surface area (Å²) in [6.45, 7) is 0.915. The molecule has 0 unspecified atom stereocenters. The number of hydrogen-bond donors (Lipinski definition) is 1. The van der Waals surface area contributed by atoms with Crippen LogP contribution in [0, 0.1) is 0 Å². The third-order valence-electron chi connectivity index (χ3n) is 5.28. The molecule has 0 aliphatic carbocycles. The molecule has 2 aromatic carbocycles. The first-order valence-corrected chi connectivity index (χ1v) is 9.59. The normalized spacial score (nSPS) is 21.9. The van der Waals surface area contributed by atoms with Gasteiger partial charge in [-0.15, -0.1) is 0 Å². The molecule has 7 heteroatoms. The number of urea groups is 1. The molecule has 2 fully saturated rings. The van der Waals surface area contributed by atoms with Gasteiger partial charge in [-0.2, -0.15) is 0 Å². The smallest absolute Gasteiger partial charge is 0.325 e. The number of hydrogen-bond acceptors (Lipinski definition) is 3. The van der Waals surface area contributed by atoms with Crippen LogP contribution < -0.4 is 5.32 Å². The molecule has 28 heavy (non-hydrogen) atoms. The number of carbonyl (C=O) groups excluding carboxylic acids is 3. The zero-order chi connectivity index (χ0) is 19.7. The molecular formula is C21H20ClN3O3. The van der Waals surface area contributed by atoms with Crippen molar-refractivity contribution in [2.75, 3.05) is 13.1 Å². The number of nitrogens with one attached hydrogen (secondary N) is 1. The lowest BCUT2D eigenvalue weighted by molar-refractivity contribution is -0.133. The number of carbonyl (C=O) groups is 3. The van der Waals surface area contributed by atoms with Crippen LogP contribution in [0.4, 0.5) is 4.79 Å². The van der Waals surface area contributed by atoms with Crippen molar-refractivity contribution >= 4 is 29.4 Å². The molecule has 1 spiro atoms. The molecule has 4 rings (SSSR count). The van der Waals surface area contributed by atoms with Gasteiger partial charge in [-0.05, 0) is 36.6 Å². The minimum atomic E-state index is -1.06. The Bertz CT molecular complexity index is 934. The van der Waals surface area contributed by atoms with Crippen molar-refractivity contribution in [1.29, 1.82) is 0 Å². The molecule has 144 valence electrons. The Balaban J connectivity index is 1.53. The Morgan fingerprint density at radius 2 is 1.89 bits per heavy atom. The average molecular weight is 398 g/mol. The van der Waals surface area contributed by atoms with Gasteiger partial charge in [-0.25, -0.2) is 4.79 Å². The molecular weight excluding hydrogens is 378 g/mol. The van der Waals surface area contributed by atoms with E-state index in [-0.39, 0.29) is 24.9 Å². The van der Waals surface area contributed by atoms with E-state index in [0.717, 1.165) is 5.56 Å². The highest BCUT2D eigenvalue weighted by molar-refractivity contribution is 6.31. The van der Waals surface area contributed by atoms with E-state index in [9.17, 15) is 14.4 Å². The van der Waals surface area contributed by atoms with E-state index < -0.39 is 11.6 Å². The van der Waals surface area contributed by atoms with Gasteiger partial charge >= 0.3 is 6.03 Å². The SMILES string of the molecule is O=C(c1cccc(Cl)c1)N1CCC[C@]2(C1)NC(=O)N(Cc1ccccc1)C2=O. The summed E-state index contributed by atoms with van der Waals surface area (Å²) in [6, 6.07) is 15.7. The van der Waals surface area contributed by atoms with E-state index >= 15 is 0 Å². The Labute approximate surface area is 168 Å². The molecule has 6 nitrogen and oxygen atoms in total. The van der Waals surface area contributed by atoms with Crippen molar-refractivity contribution in [2.45, 2.75) is 24.9 Å². The molecule has 1 atom stereocenters. The fourth-order valence-electron chi connectivity index (χ4n) is 3.90. The Morgan fingerprint density at radius 1 is 1.11 bits per heavy atom. The summed E-state index contributed by atoms with van der Waals surface area (Å²) in [5.74, 6) is -0.463. The van der Waals surface area contributed by atoms with Crippen LogP contribution in [-0.4, -0.2) is 46.3 Å². The number of imide groups is 1. The van der Waals surface area contributed by atoms with Crippen molar-refractivity contribution in [3.63, 3.8) is 0 Å². The minimum absolute atomic E-state index is 0.161. The van der Waals surface area contributed by atoms with E-state index in [2.05, 4.69) is 5.32 Å². The quantitative estimate of drug-likeness (QED) is 0.809. The van der Waals surface area contributed by atoms with Gasteiger partial charge in [0, 0.05) is 17.1 Å². The Kier molecular flexibility index (Phi) is 4.81. The molecule has 0 aromatic heterocycles. The fraction of sp³-hybridized carbons (Fsp3) is 0.286. The molecule has 1 N–H and O–H groups in total. The van der Waals surface area contributed by atoms with Crippen molar-refractivity contribution in [1.82, 2.24) is 15.1 Å². The van der Waals surface area contributed by atoms with Gasteiger partial charge in [0.25, 0.3) is 11.8 Å². The second kappa shape index (κ2) is 7.28. The van der Waals surface area contributed by atoms with E-state index in [1.807, 2.05) is 30.3 Å². The number of likely N-dealkylation sites (tertiary alicyclic amines) is 1. The van der Waals surface area contributed by atoms with Gasteiger partial charge in [-0.3, -0.25) is 14.5 Å². The van der Waals surface area contributed by atoms with Gasteiger partial charge in [0.15, 0.2) is 0 Å². The van der Waals surface area contributed by atoms with Gasteiger partial charge < -0.3 is 10.2 Å². The summed E-state index contributed by atoms with van der Waals surface area (Å²) in [7, 11) is 0. The third-order valence-corrected chi connectivity index (χ3v) is 5.52. The maximum atomic E-state index is 13.1. The molecule has 2 aliphatic heterocycles. The monoisotopic (exact) mass is 397 g/mol. The first kappa shape index (κ1) is 18.5. The summed E-state index contributed by atoms with van der Waals surface area (Å²) in [5, 5.41) is 3.34. The summed E-state index contributed by atoms with van der Waals surface area (Å²) in [5.41, 5.74) is 0.298. The summed E-state index contributed by atoms with van der Waals surface area (Å²) in [6.07, 6.45) is 1.15. The maximum absolute atomic E-state index is 13.1. The highest BCUT2D eigenvalue weighted by atomic mass is 35.5. The second-order valence-electron chi connectivity index (χ2n) is 7.23. The second-order valence-corrected chi connectivity index (χ2v) is 7.67. The summed E-state index contributed by atoms with van der Waals surface area (Å²) >= 11 is 6.00. The molecule has 0 bridgehead atoms. The van der Waals surface area contributed by atoms with Crippen LogP contribution in [0.1, 0.15) is 28.8 Å². The summed E-state index contributed by atoms with van der Waals surface area (Å²) < 4.78 is 0. The van der Waals surface area contributed by atoms with Crippen LogP contribution in [0.3, 0.4) is 0 Å². The van der Waals surface area contributed by atoms with Crippen molar-refractivity contribution < 1.29 is 14.4 Å². The number of benzene rings is 2. The van der Waals surface area contributed by atoms with E-state index in [1.54, 1.807) is 29.2 Å². The highest BCUT2D eigenvalue weighted by Gasteiger charge is 2.53. The lowest BCUT2D eigenvalue weighted by Crippen LogP contribution is -2.59. The van der Waals surface area contributed by atoms with Gasteiger partial charge in [0.2, 0.25) is 0 Å². The maximum Gasteiger partial charge on any atom is 0.325 e. The molecule has 4 amide bonds. The predicted octanol–water partition coefficient (Wildman–Crippen LogP) is 3.07. The Hall–Kier alpha value is -2.86. The van der Waals surface area contributed by atoms with Gasteiger partial charge in [0.05, 0.1) is 13.1 Å². The first-order valence-electron chi connectivity index (χ1n) is 9.21. The highest BCUT2D eigenvalue weighted by Crippen LogP contribution is 2.30. The van der Waals surface area contributed by atoms with Crippen molar-refractivity contribution in [2.24, 2.45) is 0 Å². The van der Waals surface area contributed by atoms with Crippen LogP contribution in [0.2, 0.25) is 5.02 Å². The molecule has 2 heterocycles. The average Bonchev–Trinajstić information content (AvgIpc) is 2.92. The van der Waals surface area contributed by atoms with Crippen molar-refractivity contribution in [3.8, 4) is 0 Å². The van der Waals surface area contributed by atoms with E-state index in [4.69, 9.17) is 11.6 Å². The van der Waals surface area contributed by atoms with Crippen LogP contribution in [-0.2, 0) is 11.3 Å². The number of halogens is 1. The lowest BCUT2D eigenvalue weighted by Gasteiger charge is -2.38. The zero-order valence-corrected chi connectivity index (χ0v) is 16.0. The standard InChI is InChI=1S/C21H20ClN3O3/c22-17-9-4-8-16(12-17)18(26)24-11-5-10-21(14-24)19(27)25(20(28)23-21)13-15-6-2-1-3-7-15/h1-4,6-9,12H,5,10-11,13-14H2,(H,23,28)/t21-/m1/s1. The zero-order valence-electron chi connectivity index (χ0n) is 15.2. The largest absolute Gasteiger partial charge is 0.336 e. The van der Waals surface area contributed by atoms with Crippen LogP contribution in [0.15, 0.2) is 54.6 Å². The number of piperidine rings is 1. The molecule has 2 aromatic rings. The van der Waals surface area contributed by atoms with E-state index in [1.165, 1.54) is 4.90 Å². The fourth-order valence-corrected chi connectivity index (χ4v) is 4.09. The Morgan fingerprint density at radius 3 is 2.64 bits per heavy atom. The summed E-state index contributed by atoms with van der Waals surface area (Å²) in [4.78, 5) is 41.4. The molecule has 0 saturated carbocycles. The van der Waals surface area contributed by atoms with Crippen molar-refractivity contribution in [3.05, 3.63) is 70.7 Å². The van der Waals surface area contributed by atoms with Gasteiger partial charge in [-0.1, -0.05) is 48.0 Å². The number of rotatable bonds is 3. The predicted molar refractivity (Wildman–Crippen MR) is 105 cm³/mol. The topological polar surface area (TPSA) is 69.7 Å². The molecule has 2 saturated heterocycles. The van der Waals surface area contributed by atoms with Crippen LogP contribution >= 0.6 is 11.6 Å². The molecule has 2 aliphatic rings. The van der Waals surface area contributed by atoms with E-state index in [0.29, 0.717) is 30.0 Å². The number of nitrogens with zero attached hydrogens (tertiary/aromatic N) is 2. The first-order chi connectivity index (χ1) is 13.5. The number of amides is 4. The molecule has 0 radical (unpaired) electrons.